The maximum Gasteiger partial charge on any atom is 0.0893 e. The van der Waals surface area contributed by atoms with Crippen LogP contribution in [0.1, 0.15) is 12.6 Å². The fourth-order valence-corrected chi connectivity index (χ4v) is 1.18. The van der Waals surface area contributed by atoms with Crippen LogP contribution in [0.15, 0.2) is 5.38 Å². The van der Waals surface area contributed by atoms with Gasteiger partial charge in [-0.25, -0.2) is 0 Å². The molecule has 1 rings (SSSR count). The van der Waals surface area contributed by atoms with Crippen molar-refractivity contribution in [1.29, 1.82) is 0 Å². The van der Waals surface area contributed by atoms with Gasteiger partial charge in [-0.2, -0.15) is 0 Å². The molecule has 6 heteroatoms. The number of aromatic nitrogens is 2. The monoisotopic (exact) mass is 203 g/mol. The van der Waals surface area contributed by atoms with E-state index in [1.165, 1.54) is 11.5 Å². The number of aliphatic hydroxyl groups is 2. The van der Waals surface area contributed by atoms with Crippen molar-refractivity contribution in [3.63, 3.8) is 0 Å². The molecular formula is C7H13N3O2S. The molecule has 5 nitrogen and oxygen atoms in total. The van der Waals surface area contributed by atoms with E-state index in [1.807, 2.05) is 5.38 Å². The number of aliphatic hydroxyl groups excluding tert-OH is 2. The number of hydrogen-bond acceptors (Lipinski definition) is 6. The fraction of sp³-hybridized carbons (Fsp3) is 0.714. The van der Waals surface area contributed by atoms with E-state index in [0.29, 0.717) is 6.54 Å². The highest BCUT2D eigenvalue weighted by Crippen LogP contribution is 2.03. The van der Waals surface area contributed by atoms with Crippen molar-refractivity contribution in [2.45, 2.75) is 19.0 Å². The average molecular weight is 203 g/mol. The summed E-state index contributed by atoms with van der Waals surface area (Å²) in [4.78, 5) is 0. The highest BCUT2D eigenvalue weighted by atomic mass is 32.1. The Morgan fingerprint density at radius 3 is 2.69 bits per heavy atom. The summed E-state index contributed by atoms with van der Waals surface area (Å²) in [6.45, 7) is 2.03. The van der Waals surface area contributed by atoms with Gasteiger partial charge in [0.05, 0.1) is 24.4 Å². The van der Waals surface area contributed by atoms with E-state index in [4.69, 9.17) is 10.2 Å². The predicted molar refractivity (Wildman–Crippen MR) is 49.3 cm³/mol. The Kier molecular flexibility index (Phi) is 3.73. The van der Waals surface area contributed by atoms with Crippen LogP contribution < -0.4 is 5.32 Å². The summed E-state index contributed by atoms with van der Waals surface area (Å²) in [6.07, 6.45) is 0. The minimum atomic E-state index is -0.649. The van der Waals surface area contributed by atoms with Gasteiger partial charge in [0.2, 0.25) is 0 Å². The van der Waals surface area contributed by atoms with Crippen molar-refractivity contribution in [3.8, 4) is 0 Å². The number of hydrogen-bond donors (Lipinski definition) is 3. The van der Waals surface area contributed by atoms with Crippen LogP contribution >= 0.6 is 11.5 Å². The highest BCUT2D eigenvalue weighted by molar-refractivity contribution is 7.03. The van der Waals surface area contributed by atoms with Gasteiger partial charge in [-0.05, 0) is 18.5 Å². The maximum atomic E-state index is 8.96. The zero-order chi connectivity index (χ0) is 9.73. The number of nitrogens with zero attached hydrogens (tertiary/aromatic N) is 2. The minimum Gasteiger partial charge on any atom is -0.394 e. The molecule has 0 aliphatic carbocycles. The average Bonchev–Trinajstić information content (AvgIpc) is 2.67. The van der Waals surface area contributed by atoms with Crippen molar-refractivity contribution in [2.75, 3.05) is 13.2 Å². The van der Waals surface area contributed by atoms with Gasteiger partial charge in [-0.15, -0.1) is 5.10 Å². The second kappa shape index (κ2) is 4.61. The van der Waals surface area contributed by atoms with Crippen LogP contribution in [0.3, 0.4) is 0 Å². The Morgan fingerprint density at radius 2 is 2.23 bits per heavy atom. The van der Waals surface area contributed by atoms with Crippen molar-refractivity contribution < 1.29 is 10.2 Å². The zero-order valence-electron chi connectivity index (χ0n) is 7.40. The summed E-state index contributed by atoms with van der Waals surface area (Å²) in [5.41, 5.74) is 0.169. The molecule has 0 aliphatic heterocycles. The molecule has 0 atom stereocenters. The van der Waals surface area contributed by atoms with Gasteiger partial charge in [-0.3, -0.25) is 0 Å². The van der Waals surface area contributed by atoms with Crippen LogP contribution in [-0.2, 0) is 6.54 Å². The lowest BCUT2D eigenvalue weighted by atomic mass is 10.1. The lowest BCUT2D eigenvalue weighted by Gasteiger charge is -2.25. The molecule has 0 bridgehead atoms. The summed E-state index contributed by atoms with van der Waals surface area (Å²) < 4.78 is 3.70. The minimum absolute atomic E-state index is 0.110. The molecule has 0 unspecified atom stereocenters. The van der Waals surface area contributed by atoms with Crippen molar-refractivity contribution in [3.05, 3.63) is 11.1 Å². The van der Waals surface area contributed by atoms with E-state index in [9.17, 15) is 0 Å². The van der Waals surface area contributed by atoms with Crippen LogP contribution in [0, 0.1) is 0 Å². The molecule has 0 fully saturated rings. The molecule has 0 spiro atoms. The molecule has 1 heterocycles. The third-order valence-corrected chi connectivity index (χ3v) is 2.35. The van der Waals surface area contributed by atoms with Gasteiger partial charge in [0.25, 0.3) is 0 Å². The first-order valence-electron chi connectivity index (χ1n) is 3.93. The second-order valence-electron chi connectivity index (χ2n) is 3.13. The molecule has 0 saturated heterocycles. The van der Waals surface area contributed by atoms with E-state index in [-0.39, 0.29) is 13.2 Å². The summed E-state index contributed by atoms with van der Waals surface area (Å²) in [7, 11) is 0. The van der Waals surface area contributed by atoms with Gasteiger partial charge in [0, 0.05) is 11.9 Å². The van der Waals surface area contributed by atoms with Gasteiger partial charge >= 0.3 is 0 Å². The van der Waals surface area contributed by atoms with E-state index in [2.05, 4.69) is 14.9 Å². The lowest BCUT2D eigenvalue weighted by molar-refractivity contribution is 0.103. The quantitative estimate of drug-likeness (QED) is 0.594. The smallest absolute Gasteiger partial charge is 0.0893 e. The maximum absolute atomic E-state index is 8.96. The SMILES string of the molecule is CC(CO)(CO)NCc1csnn1. The standard InChI is InChI=1S/C7H13N3O2S/c1-7(4-11,5-12)8-2-6-3-13-10-9-6/h3,8,11-12H,2,4-5H2,1H3. The van der Waals surface area contributed by atoms with Gasteiger partial charge in [0.1, 0.15) is 0 Å². The van der Waals surface area contributed by atoms with E-state index < -0.39 is 5.54 Å². The predicted octanol–water partition coefficient (Wildman–Crippen LogP) is -0.629. The van der Waals surface area contributed by atoms with Crippen LogP contribution in [0.5, 0.6) is 0 Å². The van der Waals surface area contributed by atoms with Crippen LogP contribution in [0.25, 0.3) is 0 Å². The molecular weight excluding hydrogens is 190 g/mol. The first-order valence-corrected chi connectivity index (χ1v) is 4.76. The molecule has 0 aromatic carbocycles. The summed E-state index contributed by atoms with van der Waals surface area (Å²) in [6, 6.07) is 0. The van der Waals surface area contributed by atoms with Crippen LogP contribution in [-0.4, -0.2) is 38.6 Å². The number of nitrogens with one attached hydrogen (secondary N) is 1. The summed E-state index contributed by atoms with van der Waals surface area (Å²) >= 11 is 1.28. The normalized spacial score (nSPS) is 11.9. The number of rotatable bonds is 5. The molecule has 1 aromatic rings. The van der Waals surface area contributed by atoms with E-state index in [1.54, 1.807) is 6.92 Å². The van der Waals surface area contributed by atoms with Crippen LogP contribution in [0.4, 0.5) is 0 Å². The van der Waals surface area contributed by atoms with Gasteiger partial charge < -0.3 is 15.5 Å². The molecule has 0 amide bonds. The van der Waals surface area contributed by atoms with E-state index in [0.717, 1.165) is 5.69 Å². The third kappa shape index (κ3) is 3.00. The summed E-state index contributed by atoms with van der Waals surface area (Å²) in [5.74, 6) is 0. The van der Waals surface area contributed by atoms with Crippen LogP contribution in [0.2, 0.25) is 0 Å². The largest absolute Gasteiger partial charge is 0.394 e. The Balaban J connectivity index is 2.41. The molecule has 0 saturated carbocycles. The zero-order valence-corrected chi connectivity index (χ0v) is 8.21. The Labute approximate surface area is 80.6 Å². The molecule has 0 aliphatic rings. The topological polar surface area (TPSA) is 78.3 Å². The molecule has 1 aromatic heterocycles. The Bertz CT molecular complexity index is 236. The van der Waals surface area contributed by atoms with Gasteiger partial charge in [-0.1, -0.05) is 4.49 Å². The molecule has 0 radical (unpaired) electrons. The van der Waals surface area contributed by atoms with Gasteiger partial charge in [0.15, 0.2) is 0 Å². The summed E-state index contributed by atoms with van der Waals surface area (Å²) in [5, 5.41) is 26.6. The Hall–Kier alpha value is -0.560. The first-order chi connectivity index (χ1) is 6.20. The van der Waals surface area contributed by atoms with Crippen molar-refractivity contribution >= 4 is 11.5 Å². The Morgan fingerprint density at radius 1 is 1.54 bits per heavy atom. The lowest BCUT2D eigenvalue weighted by Crippen LogP contribution is -2.48. The first kappa shape index (κ1) is 10.5. The fourth-order valence-electron chi connectivity index (χ4n) is 0.727. The van der Waals surface area contributed by atoms with Crippen molar-refractivity contribution in [1.82, 2.24) is 14.9 Å². The van der Waals surface area contributed by atoms with E-state index >= 15 is 0 Å². The molecule has 13 heavy (non-hydrogen) atoms. The second-order valence-corrected chi connectivity index (χ2v) is 3.74. The molecule has 3 N–H and O–H groups in total. The third-order valence-electron chi connectivity index (χ3n) is 1.80. The molecule has 74 valence electrons. The highest BCUT2D eigenvalue weighted by Gasteiger charge is 2.21. The van der Waals surface area contributed by atoms with Crippen molar-refractivity contribution in [2.24, 2.45) is 0 Å².